The molecule has 6 heteroatoms. The van der Waals surface area contributed by atoms with Gasteiger partial charge in [-0.15, -0.1) is 0 Å². The number of rotatable bonds is 3. The van der Waals surface area contributed by atoms with Gasteiger partial charge < -0.3 is 10.1 Å². The number of nitrogens with one attached hydrogen (secondary N) is 1. The highest BCUT2D eigenvalue weighted by atomic mass is 79.9. The Balaban J connectivity index is 2.05. The second-order valence-electron chi connectivity index (χ2n) is 5.75. The lowest BCUT2D eigenvalue weighted by atomic mass is 9.96. The van der Waals surface area contributed by atoms with E-state index in [0.29, 0.717) is 12.4 Å². The van der Waals surface area contributed by atoms with Crippen molar-refractivity contribution in [3.05, 3.63) is 27.7 Å². The van der Waals surface area contributed by atoms with Crippen LogP contribution < -0.4 is 10.1 Å². The summed E-state index contributed by atoms with van der Waals surface area (Å²) in [5.41, 5.74) is 2.13. The van der Waals surface area contributed by atoms with Crippen LogP contribution in [-0.4, -0.2) is 33.1 Å². The summed E-state index contributed by atoms with van der Waals surface area (Å²) in [4.78, 5) is 0. The molecule has 0 aromatic heterocycles. The van der Waals surface area contributed by atoms with Crippen molar-refractivity contribution in [2.75, 3.05) is 19.4 Å². The van der Waals surface area contributed by atoms with Gasteiger partial charge in [0.15, 0.2) is 9.84 Å². The maximum atomic E-state index is 12.4. The topological polar surface area (TPSA) is 55.4 Å². The molecule has 2 aliphatic rings. The molecular formula is C15H20BrNO3S. The summed E-state index contributed by atoms with van der Waals surface area (Å²) in [5.74, 6) is 1.17. The van der Waals surface area contributed by atoms with Gasteiger partial charge in [-0.1, -0.05) is 22.4 Å². The molecule has 116 valence electrons. The van der Waals surface area contributed by atoms with Gasteiger partial charge in [-0.25, -0.2) is 8.42 Å². The van der Waals surface area contributed by atoms with Gasteiger partial charge in [0.2, 0.25) is 0 Å². The minimum absolute atomic E-state index is 0.209. The summed E-state index contributed by atoms with van der Waals surface area (Å²) in [6, 6.07) is 3.85. The van der Waals surface area contributed by atoms with Gasteiger partial charge in [0.1, 0.15) is 5.75 Å². The van der Waals surface area contributed by atoms with E-state index in [9.17, 15) is 8.42 Å². The lowest BCUT2D eigenvalue weighted by molar-refractivity contribution is 0.346. The molecule has 0 radical (unpaired) electrons. The standard InChI is InChI=1S/C15H20BrNO3S/c1-17-14(13-4-2-3-7-21(13,18)19)12-9-11(16)8-10-5-6-20-15(10)12/h8-9,13-14,17H,2-7H2,1H3. The van der Waals surface area contributed by atoms with Gasteiger partial charge in [-0.2, -0.15) is 0 Å². The number of hydrogen-bond acceptors (Lipinski definition) is 4. The molecule has 1 N–H and O–H groups in total. The summed E-state index contributed by atoms with van der Waals surface area (Å²) >= 11 is 3.53. The van der Waals surface area contributed by atoms with Crippen molar-refractivity contribution in [1.29, 1.82) is 0 Å². The van der Waals surface area contributed by atoms with Crippen LogP contribution in [0.25, 0.3) is 0 Å². The summed E-state index contributed by atoms with van der Waals surface area (Å²) in [5, 5.41) is 2.86. The van der Waals surface area contributed by atoms with E-state index < -0.39 is 9.84 Å². The van der Waals surface area contributed by atoms with Gasteiger partial charge in [0.25, 0.3) is 0 Å². The fourth-order valence-electron chi connectivity index (χ4n) is 3.42. The minimum Gasteiger partial charge on any atom is -0.493 e. The van der Waals surface area contributed by atoms with Crippen molar-refractivity contribution < 1.29 is 13.2 Å². The van der Waals surface area contributed by atoms with E-state index in [0.717, 1.165) is 47.0 Å². The van der Waals surface area contributed by atoms with Gasteiger partial charge in [0, 0.05) is 16.5 Å². The largest absolute Gasteiger partial charge is 0.493 e. The predicted octanol–water partition coefficient (Wildman–Crippen LogP) is 2.61. The van der Waals surface area contributed by atoms with Gasteiger partial charge in [-0.3, -0.25) is 0 Å². The maximum Gasteiger partial charge on any atom is 0.155 e. The van der Waals surface area contributed by atoms with Gasteiger partial charge in [-0.05, 0) is 37.6 Å². The van der Waals surface area contributed by atoms with Crippen molar-refractivity contribution in [1.82, 2.24) is 5.32 Å². The molecule has 2 heterocycles. The van der Waals surface area contributed by atoms with Crippen molar-refractivity contribution in [3.63, 3.8) is 0 Å². The summed E-state index contributed by atoms with van der Waals surface area (Å²) in [7, 11) is -1.22. The smallest absolute Gasteiger partial charge is 0.155 e. The SMILES string of the molecule is CNC(c1cc(Br)cc2c1OCC2)C1CCCCS1(=O)=O. The third kappa shape index (κ3) is 2.85. The minimum atomic E-state index is -3.05. The normalized spacial score (nSPS) is 25.1. The third-order valence-corrected chi connectivity index (χ3v) is 7.17. The molecule has 0 saturated carbocycles. The zero-order chi connectivity index (χ0) is 15.0. The average molecular weight is 374 g/mol. The van der Waals surface area contributed by atoms with E-state index in [1.165, 1.54) is 0 Å². The Morgan fingerprint density at radius 3 is 2.90 bits per heavy atom. The first-order valence-corrected chi connectivity index (χ1v) is 9.88. The summed E-state index contributed by atoms with van der Waals surface area (Å²) < 4.78 is 31.6. The second kappa shape index (κ2) is 5.89. The second-order valence-corrected chi connectivity index (χ2v) is 9.00. The number of halogens is 1. The first-order valence-electron chi connectivity index (χ1n) is 7.37. The highest BCUT2D eigenvalue weighted by molar-refractivity contribution is 9.10. The molecule has 4 nitrogen and oxygen atoms in total. The van der Waals surface area contributed by atoms with Crippen LogP contribution in [0.3, 0.4) is 0 Å². The number of benzene rings is 1. The van der Waals surface area contributed by atoms with E-state index in [1.807, 2.05) is 13.1 Å². The molecule has 21 heavy (non-hydrogen) atoms. The molecule has 3 rings (SSSR count). The van der Waals surface area contributed by atoms with Crippen LogP contribution in [0.5, 0.6) is 5.75 Å². The van der Waals surface area contributed by atoms with Crippen LogP contribution in [0, 0.1) is 0 Å². The molecule has 1 aromatic rings. The zero-order valence-corrected chi connectivity index (χ0v) is 14.5. The molecule has 1 fully saturated rings. The fraction of sp³-hybridized carbons (Fsp3) is 0.600. The molecule has 2 unspecified atom stereocenters. The van der Waals surface area contributed by atoms with E-state index in [-0.39, 0.29) is 11.3 Å². The van der Waals surface area contributed by atoms with Crippen molar-refractivity contribution in [2.45, 2.75) is 37.0 Å². The van der Waals surface area contributed by atoms with Crippen LogP contribution in [-0.2, 0) is 16.3 Å². The molecular weight excluding hydrogens is 354 g/mol. The van der Waals surface area contributed by atoms with Crippen molar-refractivity contribution >= 4 is 25.8 Å². The van der Waals surface area contributed by atoms with E-state index >= 15 is 0 Å². The lowest BCUT2D eigenvalue weighted by Gasteiger charge is -2.31. The van der Waals surface area contributed by atoms with Crippen LogP contribution >= 0.6 is 15.9 Å². The first-order chi connectivity index (χ1) is 10.0. The Bertz CT molecular complexity index is 645. The van der Waals surface area contributed by atoms with E-state index in [2.05, 4.69) is 27.3 Å². The van der Waals surface area contributed by atoms with Crippen LogP contribution in [0.4, 0.5) is 0 Å². The molecule has 1 aromatic carbocycles. The molecule has 2 aliphatic heterocycles. The molecule has 2 atom stereocenters. The fourth-order valence-corrected chi connectivity index (χ4v) is 6.08. The number of sulfone groups is 1. The first kappa shape index (κ1) is 15.3. The lowest BCUT2D eigenvalue weighted by Crippen LogP contribution is -2.39. The van der Waals surface area contributed by atoms with Crippen LogP contribution in [0.2, 0.25) is 0 Å². The maximum absolute atomic E-state index is 12.4. The number of hydrogen-bond donors (Lipinski definition) is 1. The van der Waals surface area contributed by atoms with Crippen LogP contribution in [0.1, 0.15) is 36.4 Å². The van der Waals surface area contributed by atoms with E-state index in [1.54, 1.807) is 0 Å². The summed E-state index contributed by atoms with van der Waals surface area (Å²) in [6.07, 6.45) is 3.35. The highest BCUT2D eigenvalue weighted by Crippen LogP contribution is 2.40. The quantitative estimate of drug-likeness (QED) is 0.884. The summed E-state index contributed by atoms with van der Waals surface area (Å²) in [6.45, 7) is 0.673. The number of ether oxygens (including phenoxy) is 1. The Morgan fingerprint density at radius 1 is 1.38 bits per heavy atom. The molecule has 0 spiro atoms. The Hall–Kier alpha value is -0.590. The number of fused-ring (bicyclic) bond motifs is 1. The Kier molecular flexibility index (Phi) is 4.30. The highest BCUT2D eigenvalue weighted by Gasteiger charge is 2.37. The molecule has 0 aliphatic carbocycles. The molecule has 1 saturated heterocycles. The monoisotopic (exact) mass is 373 g/mol. The third-order valence-electron chi connectivity index (χ3n) is 4.42. The predicted molar refractivity (Wildman–Crippen MR) is 86.6 cm³/mol. The average Bonchev–Trinajstić information content (AvgIpc) is 2.89. The molecule has 0 bridgehead atoms. The Labute approximate surface area is 134 Å². The van der Waals surface area contributed by atoms with E-state index in [4.69, 9.17) is 4.74 Å². The van der Waals surface area contributed by atoms with Crippen molar-refractivity contribution in [3.8, 4) is 5.75 Å². The van der Waals surface area contributed by atoms with Gasteiger partial charge >= 0.3 is 0 Å². The van der Waals surface area contributed by atoms with Crippen molar-refractivity contribution in [2.24, 2.45) is 0 Å². The Morgan fingerprint density at radius 2 is 2.19 bits per heavy atom. The molecule has 0 amide bonds. The van der Waals surface area contributed by atoms with Gasteiger partial charge in [0.05, 0.1) is 23.7 Å². The zero-order valence-electron chi connectivity index (χ0n) is 12.1. The van der Waals surface area contributed by atoms with Crippen LogP contribution in [0.15, 0.2) is 16.6 Å².